The normalized spacial score (nSPS) is 10.8. The molecule has 2 rings (SSSR count). The van der Waals surface area contributed by atoms with Crippen molar-refractivity contribution in [3.05, 3.63) is 44.9 Å². The van der Waals surface area contributed by atoms with Crippen LogP contribution in [0.2, 0.25) is 5.02 Å². The standard InChI is InChI=1S/C15H19ClN2OS/c1-3-15-18-11(10-20-15)9-19-14-7-5-6-13(16)12(14)8-17-4-2/h5-7,10,17H,3-4,8-9H2,1-2H3. The van der Waals surface area contributed by atoms with Gasteiger partial charge in [-0.25, -0.2) is 4.98 Å². The lowest BCUT2D eigenvalue weighted by Gasteiger charge is -2.12. The van der Waals surface area contributed by atoms with Crippen molar-refractivity contribution >= 4 is 22.9 Å². The second-order valence-electron chi connectivity index (χ2n) is 4.37. The topological polar surface area (TPSA) is 34.1 Å². The molecule has 20 heavy (non-hydrogen) atoms. The van der Waals surface area contributed by atoms with Gasteiger partial charge in [0, 0.05) is 22.5 Å². The van der Waals surface area contributed by atoms with Gasteiger partial charge in [-0.1, -0.05) is 31.5 Å². The van der Waals surface area contributed by atoms with Crippen LogP contribution in [-0.2, 0) is 19.6 Å². The Hall–Kier alpha value is -1.10. The largest absolute Gasteiger partial charge is 0.487 e. The first-order chi connectivity index (χ1) is 9.74. The lowest BCUT2D eigenvalue weighted by molar-refractivity contribution is 0.298. The molecule has 108 valence electrons. The molecule has 0 unspecified atom stereocenters. The number of nitrogens with one attached hydrogen (secondary N) is 1. The smallest absolute Gasteiger partial charge is 0.131 e. The third-order valence-electron chi connectivity index (χ3n) is 2.90. The van der Waals surface area contributed by atoms with E-state index < -0.39 is 0 Å². The molecular weight excluding hydrogens is 292 g/mol. The summed E-state index contributed by atoms with van der Waals surface area (Å²) in [5.41, 5.74) is 1.98. The number of halogens is 1. The van der Waals surface area contributed by atoms with Gasteiger partial charge in [0.15, 0.2) is 0 Å². The van der Waals surface area contributed by atoms with Crippen molar-refractivity contribution in [2.24, 2.45) is 0 Å². The predicted molar refractivity (Wildman–Crippen MR) is 84.7 cm³/mol. The highest BCUT2D eigenvalue weighted by Crippen LogP contribution is 2.27. The second-order valence-corrected chi connectivity index (χ2v) is 5.72. The minimum absolute atomic E-state index is 0.482. The van der Waals surface area contributed by atoms with E-state index in [1.54, 1.807) is 11.3 Å². The number of hydrogen-bond donors (Lipinski definition) is 1. The summed E-state index contributed by atoms with van der Waals surface area (Å²) in [6.07, 6.45) is 0.966. The van der Waals surface area contributed by atoms with Crippen LogP contribution in [0.4, 0.5) is 0 Å². The maximum atomic E-state index is 6.24. The maximum Gasteiger partial charge on any atom is 0.131 e. The van der Waals surface area contributed by atoms with Gasteiger partial charge in [0.05, 0.1) is 10.7 Å². The van der Waals surface area contributed by atoms with Gasteiger partial charge in [-0.3, -0.25) is 0 Å². The zero-order chi connectivity index (χ0) is 14.4. The van der Waals surface area contributed by atoms with Crippen molar-refractivity contribution in [1.29, 1.82) is 0 Å². The van der Waals surface area contributed by atoms with Crippen LogP contribution >= 0.6 is 22.9 Å². The van der Waals surface area contributed by atoms with Gasteiger partial charge in [0.25, 0.3) is 0 Å². The van der Waals surface area contributed by atoms with Crippen LogP contribution in [0.5, 0.6) is 5.75 Å². The quantitative estimate of drug-likeness (QED) is 0.838. The van der Waals surface area contributed by atoms with Crippen molar-refractivity contribution in [2.45, 2.75) is 33.4 Å². The van der Waals surface area contributed by atoms with E-state index in [0.717, 1.165) is 40.0 Å². The molecule has 0 radical (unpaired) electrons. The van der Waals surface area contributed by atoms with Crippen LogP contribution < -0.4 is 10.1 Å². The van der Waals surface area contributed by atoms with Crippen molar-refractivity contribution < 1.29 is 4.74 Å². The van der Waals surface area contributed by atoms with E-state index in [0.29, 0.717) is 13.2 Å². The lowest BCUT2D eigenvalue weighted by atomic mass is 10.2. The SMILES string of the molecule is CCNCc1c(Cl)cccc1OCc1csc(CC)n1. The number of aryl methyl sites for hydroxylation is 1. The first-order valence-corrected chi connectivity index (χ1v) is 8.04. The maximum absolute atomic E-state index is 6.24. The molecule has 0 saturated carbocycles. The van der Waals surface area contributed by atoms with Crippen LogP contribution in [0, 0.1) is 0 Å². The van der Waals surface area contributed by atoms with Crippen LogP contribution in [-0.4, -0.2) is 11.5 Å². The summed E-state index contributed by atoms with van der Waals surface area (Å²) in [4.78, 5) is 4.50. The molecule has 0 amide bonds. The Morgan fingerprint density at radius 1 is 1.35 bits per heavy atom. The monoisotopic (exact) mass is 310 g/mol. The number of benzene rings is 1. The fraction of sp³-hybridized carbons (Fsp3) is 0.400. The van der Waals surface area contributed by atoms with Crippen molar-refractivity contribution in [3.8, 4) is 5.75 Å². The Bertz CT molecular complexity index is 557. The molecule has 0 saturated heterocycles. The molecular formula is C15H19ClN2OS. The zero-order valence-corrected chi connectivity index (χ0v) is 13.4. The first-order valence-electron chi connectivity index (χ1n) is 6.78. The van der Waals surface area contributed by atoms with Gasteiger partial charge in [-0.2, -0.15) is 0 Å². The number of ether oxygens (including phenoxy) is 1. The molecule has 0 aliphatic heterocycles. The molecule has 0 spiro atoms. The molecule has 1 heterocycles. The summed E-state index contributed by atoms with van der Waals surface area (Å²) in [6.45, 7) is 6.27. The van der Waals surface area contributed by atoms with Crippen molar-refractivity contribution in [1.82, 2.24) is 10.3 Å². The number of aromatic nitrogens is 1. The summed E-state index contributed by atoms with van der Waals surface area (Å²) < 4.78 is 5.88. The highest BCUT2D eigenvalue weighted by molar-refractivity contribution is 7.09. The highest BCUT2D eigenvalue weighted by Gasteiger charge is 2.09. The minimum atomic E-state index is 0.482. The third kappa shape index (κ3) is 3.95. The molecule has 1 aromatic carbocycles. The molecule has 0 atom stereocenters. The summed E-state index contributed by atoms with van der Waals surface area (Å²) in [5.74, 6) is 0.824. The van der Waals surface area contributed by atoms with Crippen molar-refractivity contribution in [2.75, 3.05) is 6.54 Å². The summed E-state index contributed by atoms with van der Waals surface area (Å²) in [6, 6.07) is 5.75. The predicted octanol–water partition coefficient (Wildman–Crippen LogP) is 4.05. The molecule has 1 aromatic heterocycles. The number of nitrogens with zero attached hydrogens (tertiary/aromatic N) is 1. The molecule has 0 bridgehead atoms. The van der Waals surface area contributed by atoms with E-state index in [1.165, 1.54) is 0 Å². The molecule has 0 fully saturated rings. The zero-order valence-electron chi connectivity index (χ0n) is 11.8. The van der Waals surface area contributed by atoms with Gasteiger partial charge in [-0.15, -0.1) is 11.3 Å². The van der Waals surface area contributed by atoms with Crippen LogP contribution in [0.15, 0.2) is 23.6 Å². The molecule has 0 aliphatic rings. The Kier molecular flexibility index (Phi) is 5.83. The van der Waals surface area contributed by atoms with Gasteiger partial charge >= 0.3 is 0 Å². The molecule has 0 aliphatic carbocycles. The van der Waals surface area contributed by atoms with E-state index in [2.05, 4.69) is 24.1 Å². The Morgan fingerprint density at radius 3 is 2.90 bits per heavy atom. The van der Waals surface area contributed by atoms with Crippen LogP contribution in [0.3, 0.4) is 0 Å². The van der Waals surface area contributed by atoms with Crippen molar-refractivity contribution in [3.63, 3.8) is 0 Å². The summed E-state index contributed by atoms with van der Waals surface area (Å²) >= 11 is 7.92. The van der Waals surface area contributed by atoms with Gasteiger partial charge in [0.1, 0.15) is 12.4 Å². The fourth-order valence-electron chi connectivity index (χ4n) is 1.82. The van der Waals surface area contributed by atoms with E-state index >= 15 is 0 Å². The van der Waals surface area contributed by atoms with E-state index in [4.69, 9.17) is 16.3 Å². The highest BCUT2D eigenvalue weighted by atomic mass is 35.5. The summed E-state index contributed by atoms with van der Waals surface area (Å²) in [5, 5.41) is 7.20. The molecule has 5 heteroatoms. The second kappa shape index (κ2) is 7.62. The van der Waals surface area contributed by atoms with E-state index in [9.17, 15) is 0 Å². The van der Waals surface area contributed by atoms with Gasteiger partial charge in [-0.05, 0) is 25.1 Å². The lowest BCUT2D eigenvalue weighted by Crippen LogP contribution is -2.13. The van der Waals surface area contributed by atoms with E-state index in [1.807, 2.05) is 23.6 Å². The molecule has 3 nitrogen and oxygen atoms in total. The number of thiazole rings is 1. The average molecular weight is 311 g/mol. The molecule has 2 aromatic rings. The minimum Gasteiger partial charge on any atom is -0.487 e. The average Bonchev–Trinajstić information content (AvgIpc) is 2.92. The Balaban J connectivity index is 2.06. The first kappa shape index (κ1) is 15.3. The van der Waals surface area contributed by atoms with Gasteiger partial charge < -0.3 is 10.1 Å². The fourth-order valence-corrected chi connectivity index (χ4v) is 2.79. The Labute approximate surface area is 129 Å². The third-order valence-corrected chi connectivity index (χ3v) is 4.30. The summed E-state index contributed by atoms with van der Waals surface area (Å²) in [7, 11) is 0. The number of rotatable bonds is 7. The van der Waals surface area contributed by atoms with Crippen LogP contribution in [0.25, 0.3) is 0 Å². The van der Waals surface area contributed by atoms with Crippen LogP contribution in [0.1, 0.15) is 30.1 Å². The van der Waals surface area contributed by atoms with Gasteiger partial charge in [0.2, 0.25) is 0 Å². The number of hydrogen-bond acceptors (Lipinski definition) is 4. The van der Waals surface area contributed by atoms with E-state index in [-0.39, 0.29) is 0 Å². The Morgan fingerprint density at radius 2 is 2.20 bits per heavy atom. The molecule has 1 N–H and O–H groups in total.